The molecule has 3 nitrogen and oxygen atoms in total. The molecule has 4 heteroatoms. The van der Waals surface area contributed by atoms with Crippen LogP contribution in [0.5, 0.6) is 0 Å². The summed E-state index contributed by atoms with van der Waals surface area (Å²) in [6, 6.07) is 18.8. The van der Waals surface area contributed by atoms with Gasteiger partial charge in [0, 0.05) is 6.04 Å². The second-order valence-corrected chi connectivity index (χ2v) is 6.90. The van der Waals surface area contributed by atoms with Crippen molar-refractivity contribution in [3.8, 4) is 0 Å². The lowest BCUT2D eigenvalue weighted by Crippen LogP contribution is -2.26. The van der Waals surface area contributed by atoms with Crippen LogP contribution in [0.1, 0.15) is 17.2 Å². The molecule has 0 heterocycles. The molecule has 1 unspecified atom stereocenters. The average Bonchev–Trinajstić information content (AvgIpc) is 2.46. The number of rotatable bonds is 6. The van der Waals surface area contributed by atoms with E-state index >= 15 is 0 Å². The molecule has 0 fully saturated rings. The molecule has 0 amide bonds. The molecule has 106 valence electrons. The third-order valence-corrected chi connectivity index (χ3v) is 4.81. The molecule has 2 aromatic rings. The highest BCUT2D eigenvalue weighted by Crippen LogP contribution is 2.17. The van der Waals surface area contributed by atoms with Crippen LogP contribution in [-0.2, 0) is 15.6 Å². The van der Waals surface area contributed by atoms with Crippen LogP contribution < -0.4 is 5.32 Å². The summed E-state index contributed by atoms with van der Waals surface area (Å²) < 4.78 is 24.6. The monoisotopic (exact) mass is 289 g/mol. The molecule has 20 heavy (non-hydrogen) atoms. The van der Waals surface area contributed by atoms with E-state index in [9.17, 15) is 8.42 Å². The van der Waals surface area contributed by atoms with Gasteiger partial charge >= 0.3 is 0 Å². The molecule has 0 saturated carbocycles. The first-order valence-corrected chi connectivity index (χ1v) is 8.39. The largest absolute Gasteiger partial charge is 0.312 e. The van der Waals surface area contributed by atoms with Crippen molar-refractivity contribution >= 4 is 9.84 Å². The molecule has 0 bridgehead atoms. The minimum Gasteiger partial charge on any atom is -0.312 e. The van der Waals surface area contributed by atoms with Gasteiger partial charge in [0.1, 0.15) is 0 Å². The van der Waals surface area contributed by atoms with Gasteiger partial charge in [-0.2, -0.15) is 0 Å². The lowest BCUT2D eigenvalue weighted by molar-refractivity contribution is 0.573. The SMILES string of the molecule is CNC(CS(=O)(=O)Cc1ccccc1)c1ccccc1. The van der Waals surface area contributed by atoms with Gasteiger partial charge in [-0.05, 0) is 18.2 Å². The van der Waals surface area contributed by atoms with E-state index in [0.29, 0.717) is 0 Å². The Hall–Kier alpha value is -1.65. The number of hydrogen-bond donors (Lipinski definition) is 1. The number of hydrogen-bond acceptors (Lipinski definition) is 3. The van der Waals surface area contributed by atoms with Gasteiger partial charge in [0.2, 0.25) is 0 Å². The zero-order valence-electron chi connectivity index (χ0n) is 11.5. The Morgan fingerprint density at radius 3 is 2.05 bits per heavy atom. The summed E-state index contributed by atoms with van der Waals surface area (Å²) in [7, 11) is -1.37. The minimum atomic E-state index is -3.16. The van der Waals surface area contributed by atoms with Crippen LogP contribution in [0.3, 0.4) is 0 Å². The van der Waals surface area contributed by atoms with Crippen LogP contribution in [0, 0.1) is 0 Å². The Bertz CT molecular complexity index is 624. The van der Waals surface area contributed by atoms with Crippen molar-refractivity contribution in [1.29, 1.82) is 0 Å². The summed E-state index contributed by atoms with van der Waals surface area (Å²) in [5.74, 6) is 0.182. The van der Waals surface area contributed by atoms with Crippen LogP contribution in [0.2, 0.25) is 0 Å². The van der Waals surface area contributed by atoms with E-state index in [-0.39, 0.29) is 17.5 Å². The van der Waals surface area contributed by atoms with Gasteiger partial charge in [0.05, 0.1) is 11.5 Å². The highest BCUT2D eigenvalue weighted by molar-refractivity contribution is 7.90. The van der Waals surface area contributed by atoms with E-state index in [4.69, 9.17) is 0 Å². The van der Waals surface area contributed by atoms with Gasteiger partial charge in [0.25, 0.3) is 0 Å². The van der Waals surface area contributed by atoms with E-state index < -0.39 is 9.84 Å². The number of sulfone groups is 1. The predicted molar refractivity (Wildman–Crippen MR) is 82.2 cm³/mol. The first kappa shape index (κ1) is 14.8. The molecule has 0 aliphatic heterocycles. The van der Waals surface area contributed by atoms with Gasteiger partial charge in [-0.3, -0.25) is 0 Å². The maximum Gasteiger partial charge on any atom is 0.156 e. The van der Waals surface area contributed by atoms with E-state index in [1.54, 1.807) is 7.05 Å². The molecule has 1 atom stereocenters. The van der Waals surface area contributed by atoms with Gasteiger partial charge in [-0.25, -0.2) is 8.42 Å². The molecule has 2 aromatic carbocycles. The zero-order valence-corrected chi connectivity index (χ0v) is 12.3. The van der Waals surface area contributed by atoms with Crippen molar-refractivity contribution in [2.75, 3.05) is 12.8 Å². The van der Waals surface area contributed by atoms with Crippen molar-refractivity contribution in [2.45, 2.75) is 11.8 Å². The van der Waals surface area contributed by atoms with Crippen LogP contribution in [0.15, 0.2) is 60.7 Å². The minimum absolute atomic E-state index is 0.0822. The Kier molecular flexibility index (Phi) is 4.93. The third-order valence-electron chi connectivity index (χ3n) is 3.20. The molecule has 0 aliphatic carbocycles. The molecular weight excluding hydrogens is 270 g/mol. The van der Waals surface area contributed by atoms with Crippen LogP contribution >= 0.6 is 0 Å². The zero-order chi connectivity index (χ0) is 14.4. The molecule has 0 radical (unpaired) electrons. The van der Waals surface area contributed by atoms with Crippen molar-refractivity contribution < 1.29 is 8.42 Å². The average molecular weight is 289 g/mol. The maximum absolute atomic E-state index is 12.3. The first-order chi connectivity index (χ1) is 9.61. The molecule has 0 aromatic heterocycles. The first-order valence-electron chi connectivity index (χ1n) is 6.57. The predicted octanol–water partition coefficient (Wildman–Crippen LogP) is 2.56. The van der Waals surface area contributed by atoms with Crippen LogP contribution in [0.4, 0.5) is 0 Å². The summed E-state index contributed by atoms with van der Waals surface area (Å²) >= 11 is 0. The van der Waals surface area contributed by atoms with E-state index in [0.717, 1.165) is 11.1 Å². The number of benzene rings is 2. The summed E-state index contributed by atoms with van der Waals surface area (Å²) in [5.41, 5.74) is 1.82. The molecule has 0 saturated heterocycles. The van der Waals surface area contributed by atoms with E-state index in [2.05, 4.69) is 5.32 Å². The summed E-state index contributed by atoms with van der Waals surface area (Å²) in [6.07, 6.45) is 0. The Morgan fingerprint density at radius 2 is 1.50 bits per heavy atom. The van der Waals surface area contributed by atoms with Gasteiger partial charge in [-0.15, -0.1) is 0 Å². The fourth-order valence-electron chi connectivity index (χ4n) is 2.17. The molecule has 1 N–H and O–H groups in total. The molecule has 0 aliphatic rings. The Balaban J connectivity index is 2.11. The summed E-state index contributed by atoms with van der Waals surface area (Å²) in [4.78, 5) is 0. The smallest absolute Gasteiger partial charge is 0.156 e. The lowest BCUT2D eigenvalue weighted by Gasteiger charge is -2.16. The van der Waals surface area contributed by atoms with Crippen molar-refractivity contribution in [2.24, 2.45) is 0 Å². The molecular formula is C16H19NO2S. The van der Waals surface area contributed by atoms with Crippen molar-refractivity contribution in [3.05, 3.63) is 71.8 Å². The van der Waals surface area contributed by atoms with Crippen LogP contribution in [0.25, 0.3) is 0 Å². The fraction of sp³-hybridized carbons (Fsp3) is 0.250. The fourth-order valence-corrected chi connectivity index (χ4v) is 3.86. The Morgan fingerprint density at radius 1 is 0.950 bits per heavy atom. The van der Waals surface area contributed by atoms with Crippen molar-refractivity contribution in [1.82, 2.24) is 5.32 Å². The normalized spacial score (nSPS) is 13.1. The van der Waals surface area contributed by atoms with E-state index in [1.807, 2.05) is 60.7 Å². The van der Waals surface area contributed by atoms with E-state index in [1.165, 1.54) is 0 Å². The number of nitrogens with one attached hydrogen (secondary N) is 1. The lowest BCUT2D eigenvalue weighted by atomic mass is 10.1. The summed E-state index contributed by atoms with van der Waals surface area (Å²) in [6.45, 7) is 0. The second kappa shape index (κ2) is 6.68. The van der Waals surface area contributed by atoms with Gasteiger partial charge in [-0.1, -0.05) is 60.7 Å². The standard InChI is InChI=1S/C16H19NO2S/c1-17-16(15-10-6-3-7-11-15)13-20(18,19)12-14-8-4-2-5-9-14/h2-11,16-17H,12-13H2,1H3. The van der Waals surface area contributed by atoms with Gasteiger partial charge in [0.15, 0.2) is 9.84 Å². The quantitative estimate of drug-likeness (QED) is 0.889. The summed E-state index contributed by atoms with van der Waals surface area (Å²) in [5, 5.41) is 3.08. The van der Waals surface area contributed by atoms with Crippen LogP contribution in [-0.4, -0.2) is 21.2 Å². The highest BCUT2D eigenvalue weighted by Gasteiger charge is 2.19. The Labute approximate surface area is 120 Å². The molecule has 0 spiro atoms. The van der Waals surface area contributed by atoms with Gasteiger partial charge < -0.3 is 5.32 Å². The second-order valence-electron chi connectivity index (χ2n) is 4.79. The molecule has 2 rings (SSSR count). The topological polar surface area (TPSA) is 46.2 Å². The maximum atomic E-state index is 12.3. The van der Waals surface area contributed by atoms with Crippen molar-refractivity contribution in [3.63, 3.8) is 0 Å². The third kappa shape index (κ3) is 4.18. The highest BCUT2D eigenvalue weighted by atomic mass is 32.2.